The summed E-state index contributed by atoms with van der Waals surface area (Å²) in [7, 11) is -2.89. The maximum absolute atomic E-state index is 12.0. The number of ketones is 1. The van der Waals surface area contributed by atoms with E-state index in [9.17, 15) is 18.0 Å². The molecule has 2 N–H and O–H groups in total. The lowest BCUT2D eigenvalue weighted by atomic mass is 9.93. The number of anilines is 1. The molecule has 2 unspecified atom stereocenters. The molecule has 0 aliphatic heterocycles. The third-order valence-corrected chi connectivity index (χ3v) is 4.73. The number of Topliss-reactive ketones (excluding diaryl/α,β-unsaturated/α-hetero) is 1. The van der Waals surface area contributed by atoms with Gasteiger partial charge >= 0.3 is 0 Å². The van der Waals surface area contributed by atoms with Gasteiger partial charge in [0, 0.05) is 19.4 Å². The van der Waals surface area contributed by atoms with Gasteiger partial charge in [0.2, 0.25) is 5.91 Å². The lowest BCUT2D eigenvalue weighted by molar-refractivity contribution is -0.125. The van der Waals surface area contributed by atoms with Gasteiger partial charge in [-0.25, -0.2) is 0 Å². The van der Waals surface area contributed by atoms with Gasteiger partial charge in [0.15, 0.2) is 0 Å². The zero-order chi connectivity index (χ0) is 18.3. The van der Waals surface area contributed by atoms with Gasteiger partial charge < -0.3 is 10.1 Å². The Morgan fingerprint density at radius 3 is 2.46 bits per heavy atom. The summed E-state index contributed by atoms with van der Waals surface area (Å²) >= 11 is 0. The van der Waals surface area contributed by atoms with Crippen LogP contribution in [-0.4, -0.2) is 37.9 Å². The molecule has 8 heteroatoms. The van der Waals surface area contributed by atoms with E-state index >= 15 is 0 Å². The van der Waals surface area contributed by atoms with Crippen LogP contribution in [0.4, 0.5) is 5.69 Å². The summed E-state index contributed by atoms with van der Waals surface area (Å²) in [6.07, 6.45) is 0.848. The van der Waals surface area contributed by atoms with Crippen molar-refractivity contribution in [3.8, 4) is 0 Å². The number of carbonyl (C=O) groups excluding carboxylic acids is 2. The zero-order valence-electron chi connectivity index (χ0n) is 14.0. The van der Waals surface area contributed by atoms with Crippen molar-refractivity contribution in [2.45, 2.75) is 44.1 Å². The van der Waals surface area contributed by atoms with Gasteiger partial charge in [-0.1, -0.05) is 12.1 Å². The van der Waals surface area contributed by atoms with Crippen LogP contribution in [0.15, 0.2) is 29.2 Å². The van der Waals surface area contributed by atoms with Crippen molar-refractivity contribution in [1.29, 1.82) is 0 Å². The molecule has 0 bridgehead atoms. The highest BCUT2D eigenvalue weighted by molar-refractivity contribution is 7.86. The lowest BCUT2D eigenvalue weighted by Crippen LogP contribution is -2.26. The van der Waals surface area contributed by atoms with Gasteiger partial charge in [-0.15, -0.1) is 0 Å². The van der Waals surface area contributed by atoms with Crippen LogP contribution in [0.2, 0.25) is 0 Å². The van der Waals surface area contributed by atoms with Crippen molar-refractivity contribution in [3.05, 3.63) is 24.3 Å². The molecule has 0 fully saturated rings. The monoisotopic (exact) mass is 357 g/mol. The van der Waals surface area contributed by atoms with Crippen LogP contribution in [0.3, 0.4) is 0 Å². The predicted molar refractivity (Wildman–Crippen MR) is 89.4 cm³/mol. The van der Waals surface area contributed by atoms with E-state index in [1.165, 1.54) is 32.2 Å². The average molecular weight is 357 g/mol. The maximum Gasteiger partial charge on any atom is 0.296 e. The number of ether oxygens (including phenoxy) is 1. The van der Waals surface area contributed by atoms with Gasteiger partial charge in [-0.05, 0) is 38.8 Å². The molecule has 1 aromatic carbocycles. The van der Waals surface area contributed by atoms with E-state index in [1.807, 2.05) is 0 Å². The minimum absolute atomic E-state index is 0.00137. The van der Waals surface area contributed by atoms with E-state index in [-0.39, 0.29) is 34.8 Å². The number of nitrogens with one attached hydrogen (secondary N) is 1. The standard InChI is InChI=1S/C16H23NO6S/c1-11(18)13(12(2)23-3)7-6-10-16(19)17-14-8-4-5-9-15(14)24(20,21)22/h4-5,8-9,12-13H,6-7,10H2,1-3H3,(H,17,19)(H,20,21,22). The highest BCUT2D eigenvalue weighted by atomic mass is 32.2. The number of hydrogen-bond donors (Lipinski definition) is 2. The summed E-state index contributed by atoms with van der Waals surface area (Å²) < 4.78 is 36.9. The molecule has 1 rings (SSSR count). The third kappa shape index (κ3) is 6.03. The SMILES string of the molecule is COC(C)C(CCCC(=O)Nc1ccccc1S(=O)(=O)O)C(C)=O. The topological polar surface area (TPSA) is 110 Å². The first-order valence-corrected chi connectivity index (χ1v) is 9.00. The normalized spacial score (nSPS) is 14.0. The summed E-state index contributed by atoms with van der Waals surface area (Å²) in [6.45, 7) is 3.29. The molecule has 2 atom stereocenters. The van der Waals surface area contributed by atoms with Gasteiger partial charge in [0.1, 0.15) is 10.7 Å². The first kappa shape index (κ1) is 20.3. The van der Waals surface area contributed by atoms with Crippen molar-refractivity contribution in [3.63, 3.8) is 0 Å². The van der Waals surface area contributed by atoms with Gasteiger partial charge in [0.05, 0.1) is 11.8 Å². The summed E-state index contributed by atoms with van der Waals surface area (Å²) in [5.41, 5.74) is 0.0263. The number of methoxy groups -OCH3 is 1. The van der Waals surface area contributed by atoms with E-state index in [2.05, 4.69) is 5.32 Å². The van der Waals surface area contributed by atoms with Crippen molar-refractivity contribution in [2.24, 2.45) is 5.92 Å². The molecule has 0 aliphatic rings. The molecule has 1 aromatic rings. The second-order valence-corrected chi connectivity index (χ2v) is 6.96. The smallest absolute Gasteiger partial charge is 0.296 e. The second-order valence-electron chi connectivity index (χ2n) is 5.57. The van der Waals surface area contributed by atoms with Crippen LogP contribution in [0, 0.1) is 5.92 Å². The number of para-hydroxylation sites is 1. The largest absolute Gasteiger partial charge is 0.381 e. The Kier molecular flexibility index (Phi) is 7.53. The molecule has 0 saturated heterocycles. The van der Waals surface area contributed by atoms with E-state index in [0.717, 1.165) is 0 Å². The Hall–Kier alpha value is -1.77. The highest BCUT2D eigenvalue weighted by Crippen LogP contribution is 2.21. The van der Waals surface area contributed by atoms with Crippen LogP contribution in [0.25, 0.3) is 0 Å². The molecule has 7 nitrogen and oxygen atoms in total. The molecule has 0 saturated carbocycles. The number of hydrogen-bond acceptors (Lipinski definition) is 5. The molecule has 24 heavy (non-hydrogen) atoms. The van der Waals surface area contributed by atoms with Crippen molar-refractivity contribution < 1.29 is 27.3 Å². The van der Waals surface area contributed by atoms with E-state index < -0.39 is 16.0 Å². The molecular weight excluding hydrogens is 334 g/mol. The fourth-order valence-corrected chi connectivity index (χ4v) is 3.07. The van der Waals surface area contributed by atoms with Crippen molar-refractivity contribution in [2.75, 3.05) is 12.4 Å². The predicted octanol–water partition coefficient (Wildman–Crippen LogP) is 2.28. The van der Waals surface area contributed by atoms with Crippen LogP contribution in [0.5, 0.6) is 0 Å². The first-order chi connectivity index (χ1) is 11.2. The van der Waals surface area contributed by atoms with Gasteiger partial charge in [-0.3, -0.25) is 14.1 Å². The molecule has 0 aliphatic carbocycles. The van der Waals surface area contributed by atoms with Crippen molar-refractivity contribution in [1.82, 2.24) is 0 Å². The summed E-state index contributed by atoms with van der Waals surface area (Å²) in [4.78, 5) is 23.2. The number of carbonyl (C=O) groups is 2. The fourth-order valence-electron chi connectivity index (χ4n) is 2.42. The number of amides is 1. The van der Waals surface area contributed by atoms with Crippen molar-refractivity contribution >= 4 is 27.5 Å². The Labute approximate surface area is 142 Å². The summed E-state index contributed by atoms with van der Waals surface area (Å²) in [5.74, 6) is -0.673. The Bertz CT molecular complexity index is 686. The molecule has 1 amide bonds. The zero-order valence-corrected chi connectivity index (χ0v) is 14.8. The minimum atomic E-state index is -4.41. The molecule has 0 aromatic heterocycles. The maximum atomic E-state index is 12.0. The molecule has 0 radical (unpaired) electrons. The first-order valence-electron chi connectivity index (χ1n) is 7.56. The molecular formula is C16H23NO6S. The van der Waals surface area contributed by atoms with Crippen LogP contribution in [0.1, 0.15) is 33.1 Å². The second kappa shape index (κ2) is 8.91. The highest BCUT2D eigenvalue weighted by Gasteiger charge is 2.22. The Morgan fingerprint density at radius 1 is 1.29 bits per heavy atom. The number of benzene rings is 1. The Balaban J connectivity index is 2.64. The summed E-state index contributed by atoms with van der Waals surface area (Å²) in [5, 5.41) is 2.47. The molecule has 0 heterocycles. The van der Waals surface area contributed by atoms with E-state index in [4.69, 9.17) is 9.29 Å². The molecule has 0 spiro atoms. The van der Waals surface area contributed by atoms with Crippen LogP contribution >= 0.6 is 0 Å². The van der Waals surface area contributed by atoms with Crippen LogP contribution in [-0.2, 0) is 24.4 Å². The minimum Gasteiger partial charge on any atom is -0.381 e. The summed E-state index contributed by atoms with van der Waals surface area (Å²) in [6, 6.07) is 5.60. The quantitative estimate of drug-likeness (QED) is 0.656. The Morgan fingerprint density at radius 2 is 1.92 bits per heavy atom. The lowest BCUT2D eigenvalue weighted by Gasteiger charge is -2.20. The van der Waals surface area contributed by atoms with Gasteiger partial charge in [0.25, 0.3) is 10.1 Å². The average Bonchev–Trinajstić information content (AvgIpc) is 2.50. The van der Waals surface area contributed by atoms with Gasteiger partial charge in [-0.2, -0.15) is 8.42 Å². The third-order valence-electron chi connectivity index (χ3n) is 3.82. The molecule has 134 valence electrons. The van der Waals surface area contributed by atoms with E-state index in [1.54, 1.807) is 13.0 Å². The van der Waals surface area contributed by atoms with E-state index in [0.29, 0.717) is 12.8 Å². The van der Waals surface area contributed by atoms with Crippen LogP contribution < -0.4 is 5.32 Å². The number of rotatable bonds is 9. The fraction of sp³-hybridized carbons (Fsp3) is 0.500.